The summed E-state index contributed by atoms with van der Waals surface area (Å²) >= 11 is 0. The van der Waals surface area contributed by atoms with E-state index in [-0.39, 0.29) is 18.4 Å². The van der Waals surface area contributed by atoms with Crippen LogP contribution in [-0.4, -0.2) is 16.9 Å². The van der Waals surface area contributed by atoms with Gasteiger partial charge in [-0.1, -0.05) is 57.2 Å². The van der Waals surface area contributed by atoms with Gasteiger partial charge in [-0.15, -0.1) is 0 Å². The molecule has 0 unspecified atom stereocenters. The number of nitrogens with one attached hydrogen (secondary N) is 2. The number of rotatable bonds is 7. The van der Waals surface area contributed by atoms with Gasteiger partial charge in [-0.05, 0) is 47.9 Å². The van der Waals surface area contributed by atoms with Crippen molar-refractivity contribution < 1.29 is 18.8 Å². The number of hydrogen-bond acceptors (Lipinski definition) is 6. The minimum absolute atomic E-state index is 0.0650. The maximum absolute atomic E-state index is 12.6. The van der Waals surface area contributed by atoms with Crippen molar-refractivity contribution in [3.8, 4) is 11.5 Å². The first-order valence-corrected chi connectivity index (χ1v) is 11.3. The predicted molar refractivity (Wildman–Crippen MR) is 131 cm³/mol. The van der Waals surface area contributed by atoms with Crippen LogP contribution in [0.2, 0.25) is 0 Å². The number of aromatic nitrogens is 1. The molecule has 34 heavy (non-hydrogen) atoms. The Kier molecular flexibility index (Phi) is 6.92. The van der Waals surface area contributed by atoms with E-state index in [1.54, 1.807) is 19.1 Å². The molecule has 0 spiro atoms. The molecule has 1 aromatic heterocycles. The topological polar surface area (TPSA) is 93.5 Å². The third kappa shape index (κ3) is 5.09. The summed E-state index contributed by atoms with van der Waals surface area (Å²) in [5.41, 5.74) is 6.78. The van der Waals surface area contributed by atoms with Gasteiger partial charge in [-0.2, -0.15) is 5.48 Å². The molecule has 0 fully saturated rings. The van der Waals surface area contributed by atoms with Crippen LogP contribution < -0.4 is 10.8 Å². The molecular weight excluding hydrogens is 430 g/mol. The molecule has 1 amide bonds. The first-order chi connectivity index (χ1) is 16.5. The molecule has 7 heteroatoms. The van der Waals surface area contributed by atoms with Gasteiger partial charge in [0.15, 0.2) is 5.58 Å². The average Bonchev–Trinajstić information content (AvgIpc) is 3.30. The minimum atomic E-state index is -0.502. The lowest BCUT2D eigenvalue weighted by Crippen LogP contribution is -2.28. The Bertz CT molecular complexity index is 1260. The molecule has 0 aliphatic heterocycles. The lowest BCUT2D eigenvalue weighted by molar-refractivity contribution is -0.148. The molecular formula is C27H27N3O4. The Morgan fingerprint density at radius 3 is 2.38 bits per heavy atom. The number of amides is 1. The van der Waals surface area contributed by atoms with Gasteiger partial charge in [0.05, 0.1) is 11.6 Å². The second-order valence-corrected chi connectivity index (χ2v) is 8.28. The van der Waals surface area contributed by atoms with E-state index >= 15 is 0 Å². The molecule has 174 valence electrons. The first-order valence-electron chi connectivity index (χ1n) is 11.3. The zero-order valence-electron chi connectivity index (χ0n) is 19.4. The predicted octanol–water partition coefficient (Wildman–Crippen LogP) is 5.90. The molecule has 0 saturated carbocycles. The highest BCUT2D eigenvalue weighted by Gasteiger charge is 2.20. The maximum Gasteiger partial charge on any atom is 0.331 e. The SMILES string of the molecule is CCC(=O)ONC(=O)c1ccccc1N[C@H](c1ccc(-c2nc3ccccc3o2)cc1)C(C)C. The van der Waals surface area contributed by atoms with Crippen LogP contribution in [-0.2, 0) is 9.63 Å². The average molecular weight is 458 g/mol. The van der Waals surface area contributed by atoms with Crippen LogP contribution in [0.1, 0.15) is 49.2 Å². The van der Waals surface area contributed by atoms with Crippen molar-refractivity contribution in [2.24, 2.45) is 5.92 Å². The van der Waals surface area contributed by atoms with Crippen molar-refractivity contribution in [3.63, 3.8) is 0 Å². The summed E-state index contributed by atoms with van der Waals surface area (Å²) in [7, 11) is 0. The number of nitrogens with zero attached hydrogens (tertiary/aromatic N) is 1. The van der Waals surface area contributed by atoms with E-state index in [1.807, 2.05) is 60.7 Å². The number of carbonyl (C=O) groups excluding carboxylic acids is 2. The molecule has 0 bridgehead atoms. The third-order valence-corrected chi connectivity index (χ3v) is 5.51. The quantitative estimate of drug-likeness (QED) is 0.336. The van der Waals surface area contributed by atoms with Crippen molar-refractivity contribution in [1.82, 2.24) is 10.5 Å². The Labute approximate surface area is 198 Å². The molecule has 2 N–H and O–H groups in total. The van der Waals surface area contributed by atoms with Crippen LogP contribution in [0.25, 0.3) is 22.6 Å². The van der Waals surface area contributed by atoms with E-state index < -0.39 is 11.9 Å². The van der Waals surface area contributed by atoms with Gasteiger partial charge < -0.3 is 14.6 Å². The van der Waals surface area contributed by atoms with Gasteiger partial charge >= 0.3 is 5.97 Å². The van der Waals surface area contributed by atoms with Crippen molar-refractivity contribution in [1.29, 1.82) is 0 Å². The summed E-state index contributed by atoms with van der Waals surface area (Å²) in [6, 6.07) is 22.8. The van der Waals surface area contributed by atoms with Gasteiger partial charge in [-0.25, -0.2) is 9.78 Å². The highest BCUT2D eigenvalue weighted by atomic mass is 16.7. The Morgan fingerprint density at radius 2 is 1.68 bits per heavy atom. The number of benzene rings is 3. The first kappa shape index (κ1) is 23.0. The van der Waals surface area contributed by atoms with Crippen molar-refractivity contribution in [2.45, 2.75) is 33.2 Å². The van der Waals surface area contributed by atoms with Crippen LogP contribution in [0.5, 0.6) is 0 Å². The monoisotopic (exact) mass is 457 g/mol. The summed E-state index contributed by atoms with van der Waals surface area (Å²) in [6.45, 7) is 5.88. The smallest absolute Gasteiger partial charge is 0.331 e. The van der Waals surface area contributed by atoms with Crippen molar-refractivity contribution >= 4 is 28.7 Å². The van der Waals surface area contributed by atoms with Crippen LogP contribution in [0.15, 0.2) is 77.2 Å². The van der Waals surface area contributed by atoms with E-state index in [0.29, 0.717) is 17.1 Å². The second-order valence-electron chi connectivity index (χ2n) is 8.28. The fourth-order valence-electron chi connectivity index (χ4n) is 3.67. The van der Waals surface area contributed by atoms with E-state index in [0.717, 1.165) is 22.2 Å². The summed E-state index contributed by atoms with van der Waals surface area (Å²) in [6.07, 6.45) is 0.176. The molecule has 0 aliphatic rings. The molecule has 4 aromatic rings. The summed E-state index contributed by atoms with van der Waals surface area (Å²) < 4.78 is 5.88. The lowest BCUT2D eigenvalue weighted by Gasteiger charge is -2.25. The third-order valence-electron chi connectivity index (χ3n) is 5.51. The highest BCUT2D eigenvalue weighted by Crippen LogP contribution is 2.31. The van der Waals surface area contributed by atoms with Crippen LogP contribution in [0, 0.1) is 5.92 Å². The standard InChI is InChI=1S/C27H27N3O4/c1-4-24(31)34-30-26(32)20-9-5-6-10-21(20)28-25(17(2)3)18-13-15-19(16-14-18)27-29-22-11-7-8-12-23(22)33-27/h5-17,25,28H,4H2,1-3H3,(H,30,32)/t25-/m0/s1. The van der Waals surface area contributed by atoms with Gasteiger partial charge in [0, 0.05) is 17.7 Å². The number of hydrogen-bond donors (Lipinski definition) is 2. The number of hydroxylamine groups is 1. The Morgan fingerprint density at radius 1 is 0.971 bits per heavy atom. The van der Waals surface area contributed by atoms with Crippen molar-refractivity contribution in [3.05, 3.63) is 83.9 Å². The summed E-state index contributed by atoms with van der Waals surface area (Å²) in [5.74, 6) is -0.189. The molecule has 1 heterocycles. The fourth-order valence-corrected chi connectivity index (χ4v) is 3.67. The molecule has 1 atom stereocenters. The minimum Gasteiger partial charge on any atom is -0.436 e. The van der Waals surface area contributed by atoms with Gasteiger partial charge in [-0.3, -0.25) is 4.79 Å². The van der Waals surface area contributed by atoms with Gasteiger partial charge in [0.1, 0.15) is 5.52 Å². The van der Waals surface area contributed by atoms with Crippen LogP contribution in [0.3, 0.4) is 0 Å². The molecule has 0 radical (unpaired) electrons. The zero-order valence-corrected chi connectivity index (χ0v) is 19.4. The summed E-state index contributed by atoms with van der Waals surface area (Å²) in [4.78, 5) is 33.4. The number of carbonyl (C=O) groups is 2. The Hall–Kier alpha value is -4.13. The number of oxazole rings is 1. The molecule has 4 rings (SSSR count). The molecule has 7 nitrogen and oxygen atoms in total. The number of anilines is 1. The van der Waals surface area contributed by atoms with Crippen molar-refractivity contribution in [2.75, 3.05) is 5.32 Å². The zero-order chi connectivity index (χ0) is 24.1. The molecule has 0 saturated heterocycles. The normalized spacial score (nSPS) is 11.9. The van der Waals surface area contributed by atoms with Gasteiger partial charge in [0.25, 0.3) is 5.91 Å². The van der Waals surface area contributed by atoms with E-state index in [9.17, 15) is 9.59 Å². The molecule has 0 aliphatic carbocycles. The number of para-hydroxylation sites is 3. The second kappa shape index (κ2) is 10.2. The summed E-state index contributed by atoms with van der Waals surface area (Å²) in [5, 5.41) is 3.49. The van der Waals surface area contributed by atoms with E-state index in [2.05, 4.69) is 29.6 Å². The van der Waals surface area contributed by atoms with E-state index in [4.69, 9.17) is 9.25 Å². The molecule has 3 aromatic carbocycles. The fraction of sp³-hybridized carbons (Fsp3) is 0.222. The Balaban J connectivity index is 1.55. The van der Waals surface area contributed by atoms with Gasteiger partial charge in [0.2, 0.25) is 5.89 Å². The lowest BCUT2D eigenvalue weighted by atomic mass is 9.94. The van der Waals surface area contributed by atoms with Crippen LogP contribution >= 0.6 is 0 Å². The number of fused-ring (bicyclic) bond motifs is 1. The highest BCUT2D eigenvalue weighted by molar-refractivity contribution is 5.99. The maximum atomic E-state index is 12.6. The largest absolute Gasteiger partial charge is 0.436 e. The van der Waals surface area contributed by atoms with Crippen LogP contribution in [0.4, 0.5) is 5.69 Å². The van der Waals surface area contributed by atoms with E-state index in [1.165, 1.54) is 0 Å².